The molecule has 0 unspecified atom stereocenters. The summed E-state index contributed by atoms with van der Waals surface area (Å²) in [5, 5.41) is 3.18. The second kappa shape index (κ2) is 10.6. The lowest BCUT2D eigenvalue weighted by molar-refractivity contribution is -0.180. The third-order valence-electron chi connectivity index (χ3n) is 5.03. The van der Waals surface area contributed by atoms with Gasteiger partial charge in [-0.1, -0.05) is 23.2 Å². The fourth-order valence-electron chi connectivity index (χ4n) is 3.27. The number of carbonyl (C=O) groups is 2. The van der Waals surface area contributed by atoms with E-state index in [4.69, 9.17) is 42.1 Å². The third kappa shape index (κ3) is 6.26. The highest BCUT2D eigenvalue weighted by atomic mass is 35.5. The molecule has 2 aromatic rings. The lowest BCUT2D eigenvalue weighted by atomic mass is 10.1. The Morgan fingerprint density at radius 3 is 2.45 bits per heavy atom. The average Bonchev–Trinajstić information content (AvgIpc) is 2.78. The highest BCUT2D eigenvalue weighted by molar-refractivity contribution is 6.30. The van der Waals surface area contributed by atoms with Gasteiger partial charge in [0.05, 0.1) is 31.3 Å². The summed E-state index contributed by atoms with van der Waals surface area (Å²) in [6.45, 7) is 0.572. The van der Waals surface area contributed by atoms with Gasteiger partial charge in [0.15, 0.2) is 18.9 Å². The molecule has 4 rings (SSSR count). The molecule has 0 bridgehead atoms. The Hall–Kier alpha value is -2.59. The summed E-state index contributed by atoms with van der Waals surface area (Å²) in [6.07, 6.45) is -1.56. The van der Waals surface area contributed by atoms with E-state index in [0.29, 0.717) is 23.9 Å². The topological polar surface area (TPSA) is 86.3 Å². The van der Waals surface area contributed by atoms with Crippen molar-refractivity contribution < 1.29 is 32.9 Å². The van der Waals surface area contributed by atoms with Gasteiger partial charge in [0.1, 0.15) is 23.4 Å². The van der Waals surface area contributed by atoms with Gasteiger partial charge in [0, 0.05) is 11.1 Å². The smallest absolute Gasteiger partial charge is 0.259 e. The van der Waals surface area contributed by atoms with E-state index in [1.54, 1.807) is 29.2 Å². The first-order chi connectivity index (χ1) is 15.9. The molecular weight excluding hydrogens is 478 g/mol. The van der Waals surface area contributed by atoms with E-state index in [1.807, 2.05) is 0 Å². The molecule has 0 aliphatic carbocycles. The number of carbonyl (C=O) groups excluding carboxylic acids is 2. The molecule has 0 aromatic heterocycles. The molecule has 2 aromatic carbocycles. The monoisotopic (exact) mass is 498 g/mol. The van der Waals surface area contributed by atoms with Gasteiger partial charge in [-0.2, -0.15) is 0 Å². The van der Waals surface area contributed by atoms with Crippen LogP contribution in [0.5, 0.6) is 11.5 Å². The van der Waals surface area contributed by atoms with Crippen LogP contribution in [0.15, 0.2) is 42.5 Å². The molecule has 176 valence electrons. The van der Waals surface area contributed by atoms with Crippen LogP contribution in [0.2, 0.25) is 10.0 Å². The van der Waals surface area contributed by atoms with Gasteiger partial charge in [-0.3, -0.25) is 9.59 Å². The van der Waals surface area contributed by atoms with Crippen LogP contribution < -0.4 is 14.8 Å². The van der Waals surface area contributed by atoms with Crippen LogP contribution in [0.1, 0.15) is 0 Å². The van der Waals surface area contributed by atoms with E-state index in [0.717, 1.165) is 6.07 Å². The maximum Gasteiger partial charge on any atom is 0.259 e. The molecule has 2 aliphatic rings. The number of amides is 2. The lowest BCUT2D eigenvalue weighted by Crippen LogP contribution is -2.61. The minimum atomic E-state index is -0.747. The zero-order valence-corrected chi connectivity index (χ0v) is 18.9. The number of rotatable bonds is 7. The molecule has 33 heavy (non-hydrogen) atoms. The van der Waals surface area contributed by atoms with Crippen LogP contribution >= 0.6 is 23.2 Å². The van der Waals surface area contributed by atoms with Crippen molar-refractivity contribution in [3.63, 3.8) is 0 Å². The Labute approximate surface area is 199 Å². The van der Waals surface area contributed by atoms with E-state index in [2.05, 4.69) is 5.32 Å². The van der Waals surface area contributed by atoms with Crippen molar-refractivity contribution >= 4 is 35.0 Å². The van der Waals surface area contributed by atoms with E-state index in [-0.39, 0.29) is 42.6 Å². The molecule has 0 saturated carbocycles. The molecule has 2 atom stereocenters. The normalized spacial score (nSPS) is 20.6. The van der Waals surface area contributed by atoms with Crippen molar-refractivity contribution in [2.45, 2.75) is 18.4 Å². The van der Waals surface area contributed by atoms with Crippen LogP contribution in [-0.2, 0) is 19.1 Å². The number of hydrogen-bond acceptors (Lipinski definition) is 6. The Morgan fingerprint density at radius 2 is 1.79 bits per heavy atom. The van der Waals surface area contributed by atoms with Crippen LogP contribution in [0.25, 0.3) is 0 Å². The summed E-state index contributed by atoms with van der Waals surface area (Å²) in [5.41, 5.74) is 0. The largest absolute Gasteiger partial charge is 0.487 e. The maximum absolute atomic E-state index is 13.4. The quantitative estimate of drug-likeness (QED) is 0.631. The van der Waals surface area contributed by atoms with Crippen molar-refractivity contribution in [3.8, 4) is 11.5 Å². The van der Waals surface area contributed by atoms with Gasteiger partial charge < -0.3 is 29.2 Å². The summed E-state index contributed by atoms with van der Waals surface area (Å²) in [5.74, 6) is -0.444. The number of benzene rings is 2. The second-order valence-corrected chi connectivity index (χ2v) is 8.36. The highest BCUT2D eigenvalue weighted by Gasteiger charge is 2.38. The number of ether oxygens (including phenoxy) is 4. The minimum Gasteiger partial charge on any atom is -0.487 e. The van der Waals surface area contributed by atoms with Gasteiger partial charge >= 0.3 is 0 Å². The van der Waals surface area contributed by atoms with Gasteiger partial charge in [-0.25, -0.2) is 4.39 Å². The molecule has 2 heterocycles. The number of likely N-dealkylation sites (tertiary alicyclic amines) is 1. The number of nitrogens with zero attached hydrogens (tertiary/aromatic N) is 1. The zero-order chi connectivity index (χ0) is 23.4. The minimum absolute atomic E-state index is 0.00619. The first-order valence-electron chi connectivity index (χ1n) is 10.2. The van der Waals surface area contributed by atoms with Crippen molar-refractivity contribution in [2.75, 3.05) is 32.9 Å². The molecule has 2 fully saturated rings. The van der Waals surface area contributed by atoms with E-state index in [9.17, 15) is 14.0 Å². The number of hydrogen-bond donors (Lipinski definition) is 1. The SMILES string of the molecule is O=C(COc1ccc(Cl)c(F)c1)N[C@H]1CO[C@H](C(=O)N2CC(Oc3ccc(Cl)cc3)C2)CO1. The van der Waals surface area contributed by atoms with Crippen molar-refractivity contribution in [1.82, 2.24) is 10.2 Å². The van der Waals surface area contributed by atoms with Crippen LogP contribution in [0.3, 0.4) is 0 Å². The van der Waals surface area contributed by atoms with Crippen molar-refractivity contribution in [1.29, 1.82) is 0 Å². The number of halogens is 3. The van der Waals surface area contributed by atoms with Gasteiger partial charge in [-0.15, -0.1) is 0 Å². The molecule has 2 amide bonds. The summed E-state index contributed by atoms with van der Waals surface area (Å²) in [4.78, 5) is 26.2. The number of nitrogens with one attached hydrogen (secondary N) is 1. The van der Waals surface area contributed by atoms with E-state index < -0.39 is 24.1 Å². The summed E-state index contributed by atoms with van der Waals surface area (Å²) in [7, 11) is 0. The molecule has 8 nitrogen and oxygen atoms in total. The fourth-order valence-corrected chi connectivity index (χ4v) is 3.51. The van der Waals surface area contributed by atoms with Gasteiger partial charge in [0.2, 0.25) is 0 Å². The highest BCUT2D eigenvalue weighted by Crippen LogP contribution is 2.22. The molecule has 0 radical (unpaired) electrons. The van der Waals surface area contributed by atoms with Crippen LogP contribution in [0, 0.1) is 5.82 Å². The van der Waals surface area contributed by atoms with Crippen LogP contribution in [0.4, 0.5) is 4.39 Å². The van der Waals surface area contributed by atoms with Crippen molar-refractivity contribution in [2.24, 2.45) is 0 Å². The fraction of sp³-hybridized carbons (Fsp3) is 0.364. The molecule has 0 spiro atoms. The Balaban J connectivity index is 1.14. The average molecular weight is 499 g/mol. The van der Waals surface area contributed by atoms with E-state index >= 15 is 0 Å². The Kier molecular flexibility index (Phi) is 7.54. The van der Waals surface area contributed by atoms with Gasteiger partial charge in [0.25, 0.3) is 11.8 Å². The second-order valence-electron chi connectivity index (χ2n) is 7.51. The molecule has 2 aliphatic heterocycles. The van der Waals surface area contributed by atoms with Crippen LogP contribution in [-0.4, -0.2) is 68.1 Å². The summed E-state index contributed by atoms with van der Waals surface area (Å²) >= 11 is 11.5. The molecular formula is C22H21Cl2FN2O6. The van der Waals surface area contributed by atoms with Gasteiger partial charge in [-0.05, 0) is 36.4 Å². The zero-order valence-electron chi connectivity index (χ0n) is 17.3. The lowest BCUT2D eigenvalue weighted by Gasteiger charge is -2.41. The first-order valence-corrected chi connectivity index (χ1v) is 10.9. The summed E-state index contributed by atoms with van der Waals surface area (Å²) < 4.78 is 35.5. The Morgan fingerprint density at radius 1 is 1.06 bits per heavy atom. The van der Waals surface area contributed by atoms with E-state index in [1.165, 1.54) is 12.1 Å². The third-order valence-corrected chi connectivity index (χ3v) is 5.59. The first kappa shape index (κ1) is 23.6. The Bertz CT molecular complexity index is 995. The van der Waals surface area contributed by atoms with Crippen molar-refractivity contribution in [3.05, 3.63) is 58.3 Å². The molecule has 11 heteroatoms. The predicted octanol–water partition coefficient (Wildman–Crippen LogP) is 2.66. The molecule has 1 N–H and O–H groups in total. The predicted molar refractivity (Wildman–Crippen MR) is 117 cm³/mol. The standard InChI is InChI=1S/C22H21Cl2FN2O6/c23-13-1-3-14(4-2-13)33-16-8-27(9-16)22(29)19-10-32-21(12-31-19)26-20(28)11-30-15-5-6-17(24)18(25)7-15/h1-7,16,19,21H,8-12H2,(H,26,28)/t19-,21+/m0/s1. The molecule has 2 saturated heterocycles. The maximum atomic E-state index is 13.4. The summed E-state index contributed by atoms with van der Waals surface area (Å²) in [6, 6.07) is 10.9.